The molecule has 1 aromatic carbocycles. The smallest absolute Gasteiger partial charge is 0.338 e. The van der Waals surface area contributed by atoms with Crippen molar-refractivity contribution in [1.29, 1.82) is 0 Å². The number of urea groups is 1. The van der Waals surface area contributed by atoms with Crippen LogP contribution in [0.15, 0.2) is 23.4 Å². The number of esters is 1. The van der Waals surface area contributed by atoms with Gasteiger partial charge in [0.1, 0.15) is 0 Å². The summed E-state index contributed by atoms with van der Waals surface area (Å²) in [7, 11) is 2.80. The molecule has 0 spiro atoms. The number of hydrogen-bond acceptors (Lipinski definition) is 6. The van der Waals surface area contributed by atoms with E-state index < -0.39 is 18.0 Å². The molecule has 0 radical (unpaired) electrons. The third-order valence-corrected chi connectivity index (χ3v) is 3.87. The number of hydrogen-bond donors (Lipinski definition) is 3. The van der Waals surface area contributed by atoms with Gasteiger partial charge in [-0.1, -0.05) is 13.8 Å². The van der Waals surface area contributed by atoms with Crippen LogP contribution in [0.25, 0.3) is 0 Å². The Bertz CT molecular complexity index is 716. The normalized spacial score (nSPS) is 16.8. The lowest BCUT2D eigenvalue weighted by Gasteiger charge is -2.29. The lowest BCUT2D eigenvalue weighted by Crippen LogP contribution is -2.45. The summed E-state index contributed by atoms with van der Waals surface area (Å²) in [6.45, 7) is 5.76. The third-order valence-electron chi connectivity index (χ3n) is 3.87. The number of phenols is 1. The number of allylic oxidation sites excluding steroid dienone is 1. The predicted molar refractivity (Wildman–Crippen MR) is 94.1 cm³/mol. The summed E-state index contributed by atoms with van der Waals surface area (Å²) in [4.78, 5) is 24.5. The summed E-state index contributed by atoms with van der Waals surface area (Å²) in [5.74, 6) is -0.180. The molecule has 1 heterocycles. The van der Waals surface area contributed by atoms with Gasteiger partial charge in [0.2, 0.25) is 5.75 Å². The van der Waals surface area contributed by atoms with E-state index in [1.54, 1.807) is 6.92 Å². The summed E-state index contributed by atoms with van der Waals surface area (Å²) in [5, 5.41) is 15.4. The molecule has 2 rings (SSSR count). The quantitative estimate of drug-likeness (QED) is 0.669. The zero-order chi connectivity index (χ0) is 19.4. The molecule has 8 heteroatoms. The second-order valence-corrected chi connectivity index (χ2v) is 6.34. The molecule has 0 saturated heterocycles. The highest BCUT2D eigenvalue weighted by molar-refractivity contribution is 5.95. The number of methoxy groups -OCH3 is 2. The fourth-order valence-corrected chi connectivity index (χ4v) is 2.61. The van der Waals surface area contributed by atoms with E-state index in [4.69, 9.17) is 14.2 Å². The third kappa shape index (κ3) is 4.01. The van der Waals surface area contributed by atoms with Crippen LogP contribution in [0.4, 0.5) is 4.79 Å². The molecule has 0 fully saturated rings. The Morgan fingerprint density at radius 1 is 1.23 bits per heavy atom. The molecule has 1 aliphatic heterocycles. The molecule has 8 nitrogen and oxygen atoms in total. The summed E-state index contributed by atoms with van der Waals surface area (Å²) in [6.07, 6.45) is 0. The van der Waals surface area contributed by atoms with Crippen molar-refractivity contribution in [2.24, 2.45) is 5.92 Å². The Kier molecular flexibility index (Phi) is 5.97. The molecule has 0 bridgehead atoms. The molecule has 0 aliphatic carbocycles. The Balaban J connectivity index is 2.49. The summed E-state index contributed by atoms with van der Waals surface area (Å²) in [5.41, 5.74) is 1.20. The first-order valence-corrected chi connectivity index (χ1v) is 8.18. The van der Waals surface area contributed by atoms with Crippen LogP contribution in [0.2, 0.25) is 0 Å². The van der Waals surface area contributed by atoms with Crippen molar-refractivity contribution in [3.8, 4) is 17.2 Å². The van der Waals surface area contributed by atoms with E-state index in [2.05, 4.69) is 10.6 Å². The average molecular weight is 364 g/mol. The van der Waals surface area contributed by atoms with Crippen molar-refractivity contribution in [1.82, 2.24) is 10.6 Å². The average Bonchev–Trinajstić information content (AvgIpc) is 2.59. The molecule has 1 atom stereocenters. The van der Waals surface area contributed by atoms with Gasteiger partial charge in [-0.05, 0) is 30.5 Å². The van der Waals surface area contributed by atoms with Crippen LogP contribution in [0.3, 0.4) is 0 Å². The molecule has 26 heavy (non-hydrogen) atoms. The first kappa shape index (κ1) is 19.4. The van der Waals surface area contributed by atoms with Crippen molar-refractivity contribution < 1.29 is 28.9 Å². The Morgan fingerprint density at radius 2 is 1.81 bits per heavy atom. The maximum atomic E-state index is 12.6. The number of aromatic hydroxyl groups is 1. The van der Waals surface area contributed by atoms with Gasteiger partial charge in [-0.15, -0.1) is 0 Å². The number of amides is 2. The van der Waals surface area contributed by atoms with Crippen LogP contribution in [-0.4, -0.2) is 37.9 Å². The van der Waals surface area contributed by atoms with Gasteiger partial charge in [-0.25, -0.2) is 9.59 Å². The maximum Gasteiger partial charge on any atom is 0.338 e. The Morgan fingerprint density at radius 3 is 2.31 bits per heavy atom. The maximum absolute atomic E-state index is 12.6. The molecular formula is C18H24N2O6. The van der Waals surface area contributed by atoms with Gasteiger partial charge in [-0.2, -0.15) is 0 Å². The van der Waals surface area contributed by atoms with Crippen molar-refractivity contribution in [2.45, 2.75) is 26.8 Å². The molecule has 1 aromatic rings. The first-order chi connectivity index (χ1) is 12.3. The van der Waals surface area contributed by atoms with Crippen LogP contribution >= 0.6 is 0 Å². The standard InChI is InChI=1S/C18H24N2O6/c1-9(2)8-26-17(22)14-10(3)19-18(23)20-15(14)11-6-12(24-4)16(21)13(7-11)25-5/h6-7,9,15,21H,8H2,1-5H3,(H2,19,20,23). The highest BCUT2D eigenvalue weighted by atomic mass is 16.5. The van der Waals surface area contributed by atoms with Crippen LogP contribution < -0.4 is 20.1 Å². The molecule has 142 valence electrons. The lowest BCUT2D eigenvalue weighted by atomic mass is 9.95. The van der Waals surface area contributed by atoms with Crippen LogP contribution in [0.1, 0.15) is 32.4 Å². The zero-order valence-electron chi connectivity index (χ0n) is 15.5. The van der Waals surface area contributed by atoms with Gasteiger partial charge in [0.05, 0.1) is 32.4 Å². The van der Waals surface area contributed by atoms with Crippen LogP contribution in [-0.2, 0) is 9.53 Å². The molecule has 1 aliphatic rings. The number of carbonyl (C=O) groups excluding carboxylic acids is 2. The van der Waals surface area contributed by atoms with Crippen LogP contribution in [0.5, 0.6) is 17.2 Å². The molecular weight excluding hydrogens is 340 g/mol. The van der Waals surface area contributed by atoms with Crippen molar-refractivity contribution >= 4 is 12.0 Å². The van der Waals surface area contributed by atoms with Gasteiger partial charge in [0.15, 0.2) is 11.5 Å². The minimum absolute atomic E-state index is 0.163. The number of rotatable bonds is 6. The molecule has 2 amide bonds. The predicted octanol–water partition coefficient (Wildman–Crippen LogP) is 2.24. The van der Waals surface area contributed by atoms with Gasteiger partial charge in [0, 0.05) is 5.70 Å². The second kappa shape index (κ2) is 7.99. The fraction of sp³-hybridized carbons (Fsp3) is 0.444. The monoisotopic (exact) mass is 364 g/mol. The number of phenolic OH excluding ortho intramolecular Hbond substituents is 1. The van der Waals surface area contributed by atoms with Crippen molar-refractivity contribution in [2.75, 3.05) is 20.8 Å². The highest BCUT2D eigenvalue weighted by Crippen LogP contribution is 2.40. The Hall–Kier alpha value is -2.90. The van der Waals surface area contributed by atoms with E-state index in [-0.39, 0.29) is 35.3 Å². The van der Waals surface area contributed by atoms with E-state index in [1.807, 2.05) is 13.8 Å². The molecule has 0 aromatic heterocycles. The number of nitrogens with one attached hydrogen (secondary N) is 2. The zero-order valence-corrected chi connectivity index (χ0v) is 15.5. The van der Waals surface area contributed by atoms with E-state index >= 15 is 0 Å². The van der Waals surface area contributed by atoms with Crippen molar-refractivity contribution in [3.05, 3.63) is 29.0 Å². The Labute approximate surface area is 152 Å². The van der Waals surface area contributed by atoms with Gasteiger partial charge < -0.3 is 30.0 Å². The second-order valence-electron chi connectivity index (χ2n) is 6.34. The first-order valence-electron chi connectivity index (χ1n) is 8.18. The fourth-order valence-electron chi connectivity index (χ4n) is 2.61. The van der Waals surface area contributed by atoms with E-state index in [9.17, 15) is 14.7 Å². The van der Waals surface area contributed by atoms with Gasteiger partial charge in [0.25, 0.3) is 0 Å². The summed E-state index contributed by atoms with van der Waals surface area (Å²) < 4.78 is 15.7. The molecule has 1 unspecified atom stereocenters. The minimum Gasteiger partial charge on any atom is -0.502 e. The topological polar surface area (TPSA) is 106 Å². The summed E-state index contributed by atoms with van der Waals surface area (Å²) >= 11 is 0. The number of benzene rings is 1. The van der Waals surface area contributed by atoms with E-state index in [1.165, 1.54) is 26.4 Å². The number of ether oxygens (including phenoxy) is 3. The highest BCUT2D eigenvalue weighted by Gasteiger charge is 2.33. The minimum atomic E-state index is -0.771. The lowest BCUT2D eigenvalue weighted by molar-refractivity contribution is -0.140. The SMILES string of the molecule is COc1cc(C2NC(=O)NC(C)=C2C(=O)OCC(C)C)cc(OC)c1O. The number of carbonyl (C=O) groups is 2. The van der Waals surface area contributed by atoms with Crippen LogP contribution in [0, 0.1) is 5.92 Å². The van der Waals surface area contributed by atoms with E-state index in [0.29, 0.717) is 11.3 Å². The largest absolute Gasteiger partial charge is 0.502 e. The van der Waals surface area contributed by atoms with E-state index in [0.717, 1.165) is 0 Å². The van der Waals surface area contributed by atoms with Gasteiger partial charge in [-0.3, -0.25) is 0 Å². The molecule has 0 saturated carbocycles. The van der Waals surface area contributed by atoms with Crippen molar-refractivity contribution in [3.63, 3.8) is 0 Å². The summed E-state index contributed by atoms with van der Waals surface area (Å²) in [6, 6.07) is 1.86. The molecule has 3 N–H and O–H groups in total. The van der Waals surface area contributed by atoms with Gasteiger partial charge >= 0.3 is 12.0 Å².